The van der Waals surface area contributed by atoms with E-state index in [0.717, 1.165) is 28.2 Å². The third-order valence-corrected chi connectivity index (χ3v) is 4.09. The number of hydrogen-bond acceptors (Lipinski definition) is 3. The van der Waals surface area contributed by atoms with Crippen LogP contribution in [0.4, 0.5) is 5.69 Å². The van der Waals surface area contributed by atoms with Crippen molar-refractivity contribution in [2.75, 3.05) is 24.3 Å². The lowest BCUT2D eigenvalue weighted by Crippen LogP contribution is -2.25. The molecule has 92 valence electrons. The number of ether oxygens (including phenoxy) is 1. The summed E-state index contributed by atoms with van der Waals surface area (Å²) in [7, 11) is 1.62. The Morgan fingerprint density at radius 2 is 2.35 bits per heavy atom. The first-order valence-corrected chi connectivity index (χ1v) is 6.83. The van der Waals surface area contributed by atoms with Gasteiger partial charge in [-0.3, -0.25) is 4.79 Å². The Kier molecular flexibility index (Phi) is 3.99. The van der Waals surface area contributed by atoms with Crippen LogP contribution in [-0.4, -0.2) is 25.3 Å². The topological polar surface area (TPSA) is 29.5 Å². The summed E-state index contributed by atoms with van der Waals surface area (Å²) in [6, 6.07) is 5.64. The number of anilines is 1. The van der Waals surface area contributed by atoms with Crippen LogP contribution in [0.25, 0.3) is 0 Å². The number of hydrogen-bond donors (Lipinski definition) is 1. The van der Waals surface area contributed by atoms with Crippen LogP contribution in [0.2, 0.25) is 0 Å². The van der Waals surface area contributed by atoms with Gasteiger partial charge in [0.15, 0.2) is 0 Å². The lowest BCUT2D eigenvalue weighted by Gasteiger charge is -2.19. The first-order chi connectivity index (χ1) is 8.15. The SMILES string of the molecule is COc1ccc(Br)c(N2CC(CS)CC2=O)c1. The van der Waals surface area contributed by atoms with Gasteiger partial charge in [-0.2, -0.15) is 12.6 Å². The Morgan fingerprint density at radius 3 is 2.94 bits per heavy atom. The van der Waals surface area contributed by atoms with Crippen LogP contribution in [0, 0.1) is 5.92 Å². The van der Waals surface area contributed by atoms with Gasteiger partial charge in [-0.25, -0.2) is 0 Å². The molecular formula is C12H14BrNO2S. The van der Waals surface area contributed by atoms with Gasteiger partial charge in [-0.15, -0.1) is 0 Å². The monoisotopic (exact) mass is 315 g/mol. The smallest absolute Gasteiger partial charge is 0.227 e. The Bertz CT molecular complexity index is 439. The highest BCUT2D eigenvalue weighted by Gasteiger charge is 2.30. The van der Waals surface area contributed by atoms with Gasteiger partial charge in [0.05, 0.1) is 12.8 Å². The van der Waals surface area contributed by atoms with Crippen molar-refractivity contribution in [1.29, 1.82) is 0 Å². The second kappa shape index (κ2) is 5.31. The number of methoxy groups -OCH3 is 1. The van der Waals surface area contributed by atoms with E-state index in [1.165, 1.54) is 0 Å². The Hall–Kier alpha value is -0.680. The second-order valence-corrected chi connectivity index (χ2v) is 5.29. The molecule has 1 amide bonds. The minimum absolute atomic E-state index is 0.151. The molecule has 17 heavy (non-hydrogen) atoms. The average Bonchev–Trinajstić information content (AvgIpc) is 2.71. The molecule has 0 aliphatic carbocycles. The molecule has 0 aromatic heterocycles. The third kappa shape index (κ3) is 2.60. The summed E-state index contributed by atoms with van der Waals surface area (Å²) >= 11 is 7.73. The second-order valence-electron chi connectivity index (χ2n) is 4.07. The van der Waals surface area contributed by atoms with Crippen molar-refractivity contribution in [2.45, 2.75) is 6.42 Å². The number of rotatable bonds is 3. The molecule has 2 rings (SSSR count). The Labute approximate surface area is 115 Å². The normalized spacial score (nSPS) is 19.8. The third-order valence-electron chi connectivity index (χ3n) is 2.91. The van der Waals surface area contributed by atoms with Crippen molar-refractivity contribution < 1.29 is 9.53 Å². The zero-order valence-corrected chi connectivity index (χ0v) is 12.0. The number of amides is 1. The van der Waals surface area contributed by atoms with E-state index >= 15 is 0 Å². The molecule has 1 fully saturated rings. The summed E-state index contributed by atoms with van der Waals surface area (Å²) < 4.78 is 6.09. The van der Waals surface area contributed by atoms with Crippen molar-refractivity contribution >= 4 is 40.2 Å². The maximum atomic E-state index is 11.9. The molecule has 3 nitrogen and oxygen atoms in total. The average molecular weight is 316 g/mol. The minimum Gasteiger partial charge on any atom is -0.497 e. The molecule has 0 radical (unpaired) electrons. The maximum absolute atomic E-state index is 11.9. The maximum Gasteiger partial charge on any atom is 0.227 e. The highest BCUT2D eigenvalue weighted by atomic mass is 79.9. The molecule has 1 unspecified atom stereocenters. The molecule has 5 heteroatoms. The predicted octanol–water partition coefficient (Wildman–Crippen LogP) is 2.74. The van der Waals surface area contributed by atoms with Gasteiger partial charge in [0.2, 0.25) is 5.91 Å². The summed E-state index contributed by atoms with van der Waals surface area (Å²) in [5, 5.41) is 0. The zero-order valence-electron chi connectivity index (χ0n) is 9.52. The van der Waals surface area contributed by atoms with E-state index in [1.807, 2.05) is 18.2 Å². The first-order valence-electron chi connectivity index (χ1n) is 5.40. The molecule has 1 aromatic carbocycles. The van der Waals surface area contributed by atoms with Crippen molar-refractivity contribution in [2.24, 2.45) is 5.92 Å². The molecule has 1 saturated heterocycles. The molecule has 1 aliphatic heterocycles. The number of benzene rings is 1. The van der Waals surface area contributed by atoms with Crippen molar-refractivity contribution in [3.63, 3.8) is 0 Å². The Morgan fingerprint density at radius 1 is 1.59 bits per heavy atom. The molecule has 1 atom stereocenters. The van der Waals surface area contributed by atoms with Crippen molar-refractivity contribution in [1.82, 2.24) is 0 Å². The number of thiol groups is 1. The largest absolute Gasteiger partial charge is 0.497 e. The van der Waals surface area contributed by atoms with Gasteiger partial charge >= 0.3 is 0 Å². The molecule has 1 aromatic rings. The quantitative estimate of drug-likeness (QED) is 0.869. The summed E-state index contributed by atoms with van der Waals surface area (Å²) in [5.41, 5.74) is 0.874. The fourth-order valence-electron chi connectivity index (χ4n) is 1.96. The van der Waals surface area contributed by atoms with Crippen LogP contribution in [-0.2, 0) is 4.79 Å². The number of halogens is 1. The standard InChI is InChI=1S/C12H14BrNO2S/c1-16-9-2-3-10(13)11(5-9)14-6-8(7-17)4-12(14)15/h2-3,5,8,17H,4,6-7H2,1H3. The van der Waals surface area contributed by atoms with Gasteiger partial charge in [0.25, 0.3) is 0 Å². The minimum atomic E-state index is 0.151. The predicted molar refractivity (Wildman–Crippen MR) is 75.0 cm³/mol. The molecule has 0 N–H and O–H groups in total. The van der Waals surface area contributed by atoms with Crippen molar-refractivity contribution in [3.05, 3.63) is 22.7 Å². The van der Waals surface area contributed by atoms with Gasteiger partial charge in [-0.05, 0) is 39.7 Å². The van der Waals surface area contributed by atoms with E-state index in [9.17, 15) is 4.79 Å². The molecule has 0 spiro atoms. The Balaban J connectivity index is 2.30. The fourth-order valence-corrected chi connectivity index (χ4v) is 2.67. The van der Waals surface area contributed by atoms with Gasteiger partial charge in [-0.1, -0.05) is 0 Å². The van der Waals surface area contributed by atoms with Crippen LogP contribution in [0.3, 0.4) is 0 Å². The van der Waals surface area contributed by atoms with E-state index in [4.69, 9.17) is 4.74 Å². The summed E-state index contributed by atoms with van der Waals surface area (Å²) in [6.45, 7) is 0.730. The lowest BCUT2D eigenvalue weighted by atomic mass is 10.1. The lowest BCUT2D eigenvalue weighted by molar-refractivity contribution is -0.117. The van der Waals surface area contributed by atoms with Crippen molar-refractivity contribution in [3.8, 4) is 5.75 Å². The molecule has 1 aliphatic rings. The van der Waals surface area contributed by atoms with Crippen LogP contribution in [0.1, 0.15) is 6.42 Å². The highest BCUT2D eigenvalue weighted by Crippen LogP contribution is 2.34. The van der Waals surface area contributed by atoms with E-state index in [2.05, 4.69) is 28.6 Å². The van der Waals surface area contributed by atoms with Crippen LogP contribution in [0.5, 0.6) is 5.75 Å². The van der Waals surface area contributed by atoms with E-state index < -0.39 is 0 Å². The number of carbonyl (C=O) groups is 1. The van der Waals surface area contributed by atoms with E-state index in [-0.39, 0.29) is 5.91 Å². The van der Waals surface area contributed by atoms with Crippen LogP contribution < -0.4 is 9.64 Å². The van der Waals surface area contributed by atoms with Crippen LogP contribution >= 0.6 is 28.6 Å². The van der Waals surface area contributed by atoms with Gasteiger partial charge < -0.3 is 9.64 Å². The number of nitrogens with zero attached hydrogens (tertiary/aromatic N) is 1. The molecular weight excluding hydrogens is 302 g/mol. The summed E-state index contributed by atoms with van der Waals surface area (Å²) in [4.78, 5) is 13.7. The molecule has 0 saturated carbocycles. The van der Waals surface area contributed by atoms with E-state index in [0.29, 0.717) is 12.3 Å². The summed E-state index contributed by atoms with van der Waals surface area (Å²) in [6.07, 6.45) is 0.577. The number of carbonyl (C=O) groups excluding carboxylic acids is 1. The molecule has 0 bridgehead atoms. The summed E-state index contributed by atoms with van der Waals surface area (Å²) in [5.74, 6) is 1.98. The first kappa shape index (κ1) is 12.8. The fraction of sp³-hybridized carbons (Fsp3) is 0.417. The van der Waals surface area contributed by atoms with Gasteiger partial charge in [0.1, 0.15) is 5.75 Å². The van der Waals surface area contributed by atoms with E-state index in [1.54, 1.807) is 12.0 Å². The van der Waals surface area contributed by atoms with Gasteiger partial charge in [0, 0.05) is 23.5 Å². The van der Waals surface area contributed by atoms with Crippen LogP contribution in [0.15, 0.2) is 22.7 Å². The highest BCUT2D eigenvalue weighted by molar-refractivity contribution is 9.10. The zero-order chi connectivity index (χ0) is 12.4. The molecule has 1 heterocycles.